The summed E-state index contributed by atoms with van der Waals surface area (Å²) in [5.74, 6) is 0.214. The molecule has 0 saturated carbocycles. The van der Waals surface area contributed by atoms with Gasteiger partial charge >= 0.3 is 0 Å². The number of hydrogen-bond acceptors (Lipinski definition) is 5. The van der Waals surface area contributed by atoms with Gasteiger partial charge in [0.05, 0.1) is 0 Å². The average Bonchev–Trinajstić information content (AvgIpc) is 3.01. The van der Waals surface area contributed by atoms with E-state index in [0.717, 1.165) is 30.8 Å². The monoisotopic (exact) mass is 338 g/mol. The maximum absolute atomic E-state index is 12.3. The Morgan fingerprint density at radius 3 is 2.74 bits per heavy atom. The third-order valence-corrected chi connectivity index (χ3v) is 5.30. The minimum atomic E-state index is -0.171. The van der Waals surface area contributed by atoms with Crippen LogP contribution in [0.15, 0.2) is 0 Å². The van der Waals surface area contributed by atoms with E-state index in [9.17, 15) is 9.59 Å². The van der Waals surface area contributed by atoms with Crippen LogP contribution in [0.3, 0.4) is 0 Å². The molecule has 128 valence electrons. The standard InChI is InChI=1S/C16H26N4O2S/c1-4-12-7-5-6-10-20(12)14(22)9-8-13(21)17-16-19-18-15(23-16)11(2)3/h11-12H,4-10H2,1-3H3,(H,17,19,21)/t12-/m0/s1. The van der Waals surface area contributed by atoms with Crippen molar-refractivity contribution >= 4 is 28.3 Å². The number of nitrogens with one attached hydrogen (secondary N) is 1. The lowest BCUT2D eigenvalue weighted by molar-refractivity contribution is -0.136. The van der Waals surface area contributed by atoms with Gasteiger partial charge in [-0.25, -0.2) is 0 Å². The van der Waals surface area contributed by atoms with E-state index >= 15 is 0 Å². The van der Waals surface area contributed by atoms with Crippen molar-refractivity contribution in [2.45, 2.75) is 71.3 Å². The Morgan fingerprint density at radius 2 is 2.09 bits per heavy atom. The molecule has 6 nitrogen and oxygen atoms in total. The molecule has 1 aliphatic rings. The van der Waals surface area contributed by atoms with Gasteiger partial charge in [-0.2, -0.15) is 0 Å². The summed E-state index contributed by atoms with van der Waals surface area (Å²) >= 11 is 1.39. The van der Waals surface area contributed by atoms with Gasteiger partial charge in [0, 0.05) is 31.3 Å². The fourth-order valence-electron chi connectivity index (χ4n) is 2.82. The highest BCUT2D eigenvalue weighted by Gasteiger charge is 2.25. The molecule has 0 unspecified atom stereocenters. The molecule has 1 aliphatic heterocycles. The Bertz CT molecular complexity index is 544. The van der Waals surface area contributed by atoms with Crippen LogP contribution in [0.5, 0.6) is 0 Å². The second kappa shape index (κ2) is 8.38. The quantitative estimate of drug-likeness (QED) is 0.864. The van der Waals surface area contributed by atoms with Crippen molar-refractivity contribution in [3.63, 3.8) is 0 Å². The number of hydrogen-bond donors (Lipinski definition) is 1. The van der Waals surface area contributed by atoms with Gasteiger partial charge in [0.1, 0.15) is 5.01 Å². The number of piperidine rings is 1. The molecule has 7 heteroatoms. The summed E-state index contributed by atoms with van der Waals surface area (Å²) in [5, 5.41) is 12.1. The van der Waals surface area contributed by atoms with E-state index in [0.29, 0.717) is 17.1 Å². The van der Waals surface area contributed by atoms with E-state index in [1.54, 1.807) is 0 Å². The molecule has 1 saturated heterocycles. The van der Waals surface area contributed by atoms with E-state index < -0.39 is 0 Å². The lowest BCUT2D eigenvalue weighted by Crippen LogP contribution is -2.43. The van der Waals surface area contributed by atoms with Gasteiger partial charge < -0.3 is 10.2 Å². The summed E-state index contributed by atoms with van der Waals surface area (Å²) in [6.45, 7) is 7.01. The molecule has 2 amide bonds. The summed E-state index contributed by atoms with van der Waals surface area (Å²) in [6, 6.07) is 0.344. The van der Waals surface area contributed by atoms with Crippen molar-refractivity contribution in [2.75, 3.05) is 11.9 Å². The first kappa shape index (κ1) is 17.8. The molecule has 1 aromatic rings. The fraction of sp³-hybridized carbons (Fsp3) is 0.750. The largest absolute Gasteiger partial charge is 0.340 e. The smallest absolute Gasteiger partial charge is 0.226 e. The summed E-state index contributed by atoms with van der Waals surface area (Å²) in [7, 11) is 0. The Balaban J connectivity index is 1.80. The second-order valence-electron chi connectivity index (χ2n) is 6.29. The molecular formula is C16H26N4O2S. The molecule has 2 heterocycles. The van der Waals surface area contributed by atoms with E-state index in [1.165, 1.54) is 17.8 Å². The SMILES string of the molecule is CC[C@H]1CCCCN1C(=O)CCC(=O)Nc1nnc(C(C)C)s1. The zero-order valence-corrected chi connectivity index (χ0v) is 15.0. The van der Waals surface area contributed by atoms with Crippen molar-refractivity contribution in [3.05, 3.63) is 5.01 Å². The van der Waals surface area contributed by atoms with E-state index in [4.69, 9.17) is 0 Å². The van der Waals surface area contributed by atoms with Crippen molar-refractivity contribution in [1.82, 2.24) is 15.1 Å². The number of amides is 2. The van der Waals surface area contributed by atoms with Gasteiger partial charge in [0.25, 0.3) is 0 Å². The van der Waals surface area contributed by atoms with Crippen LogP contribution in [0.2, 0.25) is 0 Å². The fourth-order valence-corrected chi connectivity index (χ4v) is 3.58. The van der Waals surface area contributed by atoms with Gasteiger partial charge in [0.15, 0.2) is 0 Å². The van der Waals surface area contributed by atoms with Gasteiger partial charge in [0.2, 0.25) is 16.9 Å². The molecule has 0 radical (unpaired) electrons. The second-order valence-corrected chi connectivity index (χ2v) is 7.30. The van der Waals surface area contributed by atoms with Crippen molar-refractivity contribution in [1.29, 1.82) is 0 Å². The summed E-state index contributed by atoms with van der Waals surface area (Å²) in [4.78, 5) is 26.3. The van der Waals surface area contributed by atoms with Crippen LogP contribution < -0.4 is 5.32 Å². The first-order chi connectivity index (χ1) is 11.0. The number of likely N-dealkylation sites (tertiary alicyclic amines) is 1. The third kappa shape index (κ3) is 4.99. The van der Waals surface area contributed by atoms with E-state index in [2.05, 4.69) is 22.4 Å². The molecule has 1 fully saturated rings. The molecular weight excluding hydrogens is 312 g/mol. The third-order valence-electron chi connectivity index (χ3n) is 4.17. The molecule has 2 rings (SSSR count). The Labute approximate surface area is 141 Å². The maximum Gasteiger partial charge on any atom is 0.226 e. The summed E-state index contributed by atoms with van der Waals surface area (Å²) in [6.07, 6.45) is 4.79. The first-order valence-electron chi connectivity index (χ1n) is 8.44. The highest BCUT2D eigenvalue weighted by molar-refractivity contribution is 7.15. The number of carbonyl (C=O) groups is 2. The summed E-state index contributed by atoms with van der Waals surface area (Å²) in [5.41, 5.74) is 0. The number of nitrogens with zero attached hydrogens (tertiary/aromatic N) is 3. The normalized spacial score (nSPS) is 18.3. The topological polar surface area (TPSA) is 75.2 Å². The molecule has 0 bridgehead atoms. The van der Waals surface area contributed by atoms with Crippen LogP contribution in [0, 0.1) is 0 Å². The molecule has 0 aliphatic carbocycles. The Morgan fingerprint density at radius 1 is 1.30 bits per heavy atom. The average molecular weight is 338 g/mol. The Kier molecular flexibility index (Phi) is 6.50. The van der Waals surface area contributed by atoms with Crippen LogP contribution in [-0.4, -0.2) is 39.5 Å². The highest BCUT2D eigenvalue weighted by atomic mass is 32.1. The minimum Gasteiger partial charge on any atom is -0.340 e. The van der Waals surface area contributed by atoms with Crippen LogP contribution >= 0.6 is 11.3 Å². The van der Waals surface area contributed by atoms with Crippen LogP contribution in [0.1, 0.15) is 70.2 Å². The number of rotatable bonds is 6. The zero-order valence-electron chi connectivity index (χ0n) is 14.2. The predicted octanol–water partition coefficient (Wildman–Crippen LogP) is 3.17. The molecule has 1 atom stereocenters. The maximum atomic E-state index is 12.3. The zero-order chi connectivity index (χ0) is 16.8. The van der Waals surface area contributed by atoms with E-state index in [-0.39, 0.29) is 24.7 Å². The van der Waals surface area contributed by atoms with Crippen LogP contribution in [-0.2, 0) is 9.59 Å². The molecule has 0 spiro atoms. The molecule has 23 heavy (non-hydrogen) atoms. The lowest BCUT2D eigenvalue weighted by atomic mass is 9.99. The lowest BCUT2D eigenvalue weighted by Gasteiger charge is -2.35. The Hall–Kier alpha value is -1.50. The van der Waals surface area contributed by atoms with Crippen molar-refractivity contribution in [2.24, 2.45) is 0 Å². The van der Waals surface area contributed by atoms with Gasteiger partial charge in [-0.15, -0.1) is 10.2 Å². The van der Waals surface area contributed by atoms with E-state index in [1.807, 2.05) is 18.7 Å². The number of aromatic nitrogens is 2. The van der Waals surface area contributed by atoms with Crippen LogP contribution in [0.4, 0.5) is 5.13 Å². The van der Waals surface area contributed by atoms with Crippen LogP contribution in [0.25, 0.3) is 0 Å². The number of carbonyl (C=O) groups excluding carboxylic acids is 2. The highest BCUT2D eigenvalue weighted by Crippen LogP contribution is 2.23. The minimum absolute atomic E-state index is 0.0897. The van der Waals surface area contributed by atoms with Gasteiger partial charge in [-0.05, 0) is 25.7 Å². The molecule has 1 aromatic heterocycles. The molecule has 0 aromatic carbocycles. The van der Waals surface area contributed by atoms with Crippen molar-refractivity contribution < 1.29 is 9.59 Å². The molecule has 1 N–H and O–H groups in total. The summed E-state index contributed by atoms with van der Waals surface area (Å²) < 4.78 is 0. The number of anilines is 1. The van der Waals surface area contributed by atoms with Gasteiger partial charge in [-0.1, -0.05) is 32.1 Å². The first-order valence-corrected chi connectivity index (χ1v) is 9.25. The van der Waals surface area contributed by atoms with Gasteiger partial charge in [-0.3, -0.25) is 9.59 Å². The van der Waals surface area contributed by atoms with Crippen molar-refractivity contribution in [3.8, 4) is 0 Å². The predicted molar refractivity (Wildman–Crippen MR) is 91.5 cm³/mol.